The van der Waals surface area contributed by atoms with E-state index < -0.39 is 0 Å². The van der Waals surface area contributed by atoms with Crippen molar-refractivity contribution in [3.63, 3.8) is 0 Å². The summed E-state index contributed by atoms with van der Waals surface area (Å²) in [5.74, 6) is 2.13. The minimum absolute atomic E-state index is 0.422. The number of nitrogens with zero attached hydrogens (tertiary/aromatic N) is 1. The van der Waals surface area contributed by atoms with Crippen LogP contribution in [0.3, 0.4) is 0 Å². The van der Waals surface area contributed by atoms with Gasteiger partial charge in [-0.15, -0.1) is 0 Å². The number of nitrogens with two attached hydrogens (primary N) is 1. The van der Waals surface area contributed by atoms with Gasteiger partial charge in [-0.2, -0.15) is 0 Å². The van der Waals surface area contributed by atoms with Crippen LogP contribution in [0.15, 0.2) is 18.2 Å². The summed E-state index contributed by atoms with van der Waals surface area (Å²) in [5, 5.41) is 0. The molecule has 2 N–H and O–H groups in total. The first-order chi connectivity index (χ1) is 10.7. The Kier molecular flexibility index (Phi) is 6.71. The number of aryl methyl sites for hydroxylation is 1. The van der Waals surface area contributed by atoms with Gasteiger partial charge in [-0.25, -0.2) is 0 Å². The SMILES string of the molecule is CCCN1CCC(C(CN)c2cc(C)ccc2OCC)CC1. The van der Waals surface area contributed by atoms with E-state index in [2.05, 4.69) is 36.9 Å². The summed E-state index contributed by atoms with van der Waals surface area (Å²) in [5.41, 5.74) is 8.78. The zero-order valence-electron chi connectivity index (χ0n) is 14.5. The summed E-state index contributed by atoms with van der Waals surface area (Å²) in [6, 6.07) is 6.52. The maximum atomic E-state index is 6.17. The highest BCUT2D eigenvalue weighted by atomic mass is 16.5. The van der Waals surface area contributed by atoms with Gasteiger partial charge in [-0.1, -0.05) is 24.6 Å². The maximum absolute atomic E-state index is 6.17. The molecule has 0 radical (unpaired) electrons. The first kappa shape index (κ1) is 17.3. The van der Waals surface area contributed by atoms with Crippen LogP contribution >= 0.6 is 0 Å². The Morgan fingerprint density at radius 3 is 2.59 bits per heavy atom. The second kappa shape index (κ2) is 8.54. The quantitative estimate of drug-likeness (QED) is 0.837. The molecule has 0 amide bonds. The molecule has 0 spiro atoms. The molecule has 3 heteroatoms. The van der Waals surface area contributed by atoms with E-state index in [4.69, 9.17) is 10.5 Å². The molecule has 0 bridgehead atoms. The van der Waals surface area contributed by atoms with Gasteiger partial charge in [0.25, 0.3) is 0 Å². The van der Waals surface area contributed by atoms with E-state index in [-0.39, 0.29) is 0 Å². The average molecular weight is 304 g/mol. The highest BCUT2D eigenvalue weighted by molar-refractivity contribution is 5.40. The van der Waals surface area contributed by atoms with Gasteiger partial charge in [-0.3, -0.25) is 0 Å². The van der Waals surface area contributed by atoms with Crippen LogP contribution in [0.25, 0.3) is 0 Å². The first-order valence-corrected chi connectivity index (χ1v) is 8.85. The highest BCUT2D eigenvalue weighted by Crippen LogP contribution is 2.37. The molecular formula is C19H32N2O. The summed E-state index contributed by atoms with van der Waals surface area (Å²) in [6.07, 6.45) is 3.75. The molecule has 3 nitrogen and oxygen atoms in total. The number of likely N-dealkylation sites (tertiary alicyclic amines) is 1. The van der Waals surface area contributed by atoms with Crippen molar-refractivity contribution in [1.29, 1.82) is 0 Å². The topological polar surface area (TPSA) is 38.5 Å². The molecule has 1 aliphatic rings. The lowest BCUT2D eigenvalue weighted by Crippen LogP contribution is -2.37. The molecule has 1 aromatic rings. The zero-order chi connectivity index (χ0) is 15.9. The van der Waals surface area contributed by atoms with Gasteiger partial charge in [0.05, 0.1) is 6.61 Å². The van der Waals surface area contributed by atoms with Gasteiger partial charge in [0.15, 0.2) is 0 Å². The predicted molar refractivity (Wildman–Crippen MR) is 93.6 cm³/mol. The smallest absolute Gasteiger partial charge is 0.122 e. The van der Waals surface area contributed by atoms with Gasteiger partial charge in [0, 0.05) is 5.92 Å². The van der Waals surface area contributed by atoms with Crippen LogP contribution in [0.1, 0.15) is 50.2 Å². The zero-order valence-corrected chi connectivity index (χ0v) is 14.5. The van der Waals surface area contributed by atoms with Crippen molar-refractivity contribution in [3.8, 4) is 5.75 Å². The number of hydrogen-bond acceptors (Lipinski definition) is 3. The Morgan fingerprint density at radius 1 is 1.27 bits per heavy atom. The molecule has 1 heterocycles. The van der Waals surface area contributed by atoms with Crippen LogP contribution in [0, 0.1) is 12.8 Å². The van der Waals surface area contributed by atoms with E-state index in [9.17, 15) is 0 Å². The largest absolute Gasteiger partial charge is 0.494 e. The molecule has 2 rings (SSSR count). The molecule has 1 unspecified atom stereocenters. The predicted octanol–water partition coefficient (Wildman–Crippen LogP) is 3.56. The molecular weight excluding hydrogens is 272 g/mol. The standard InChI is InChI=1S/C19H32N2O/c1-4-10-21-11-8-16(9-12-21)18(14-20)17-13-15(3)6-7-19(17)22-5-2/h6-7,13,16,18H,4-5,8-12,14,20H2,1-3H3. The summed E-state index contributed by atoms with van der Waals surface area (Å²) < 4.78 is 5.86. The normalized spacial score (nSPS) is 18.4. The fraction of sp³-hybridized carbons (Fsp3) is 0.684. The van der Waals surface area contributed by atoms with Crippen molar-refractivity contribution in [2.75, 3.05) is 32.8 Å². The van der Waals surface area contributed by atoms with Crippen molar-refractivity contribution in [2.24, 2.45) is 11.7 Å². The lowest BCUT2D eigenvalue weighted by Gasteiger charge is -2.36. The van der Waals surface area contributed by atoms with Crippen molar-refractivity contribution >= 4 is 0 Å². The van der Waals surface area contributed by atoms with E-state index >= 15 is 0 Å². The molecule has 124 valence electrons. The summed E-state index contributed by atoms with van der Waals surface area (Å²) in [4.78, 5) is 2.59. The third-order valence-corrected chi connectivity index (χ3v) is 4.86. The highest BCUT2D eigenvalue weighted by Gasteiger charge is 2.28. The first-order valence-electron chi connectivity index (χ1n) is 8.85. The molecule has 1 fully saturated rings. The summed E-state index contributed by atoms with van der Waals surface area (Å²) >= 11 is 0. The van der Waals surface area contributed by atoms with Gasteiger partial charge in [0.1, 0.15) is 5.75 Å². The van der Waals surface area contributed by atoms with Gasteiger partial charge in [-0.05, 0) is 76.8 Å². The second-order valence-electron chi connectivity index (χ2n) is 6.50. The number of benzene rings is 1. The van der Waals surface area contributed by atoms with Crippen LogP contribution < -0.4 is 10.5 Å². The molecule has 1 saturated heterocycles. The van der Waals surface area contributed by atoms with Crippen LogP contribution in [-0.4, -0.2) is 37.7 Å². The van der Waals surface area contributed by atoms with Gasteiger partial charge >= 0.3 is 0 Å². The Bertz CT molecular complexity index is 453. The molecule has 22 heavy (non-hydrogen) atoms. The Labute approximate surface area is 135 Å². The number of hydrogen-bond donors (Lipinski definition) is 1. The average Bonchev–Trinajstić information content (AvgIpc) is 2.53. The molecule has 1 aliphatic heterocycles. The van der Waals surface area contributed by atoms with E-state index in [1.165, 1.54) is 50.0 Å². The number of ether oxygens (including phenoxy) is 1. The maximum Gasteiger partial charge on any atom is 0.122 e. The number of rotatable bonds is 7. The fourth-order valence-corrected chi connectivity index (χ4v) is 3.71. The second-order valence-corrected chi connectivity index (χ2v) is 6.50. The lowest BCUT2D eigenvalue weighted by atomic mass is 9.79. The molecule has 1 atom stereocenters. The third-order valence-electron chi connectivity index (χ3n) is 4.86. The van der Waals surface area contributed by atoms with Gasteiger partial charge in [0.2, 0.25) is 0 Å². The van der Waals surface area contributed by atoms with Crippen molar-refractivity contribution in [2.45, 2.75) is 46.0 Å². The Balaban J connectivity index is 2.13. The van der Waals surface area contributed by atoms with Crippen LogP contribution in [0.2, 0.25) is 0 Å². The van der Waals surface area contributed by atoms with E-state index in [1.807, 2.05) is 6.92 Å². The van der Waals surface area contributed by atoms with Crippen molar-refractivity contribution in [1.82, 2.24) is 4.90 Å². The fourth-order valence-electron chi connectivity index (χ4n) is 3.71. The van der Waals surface area contributed by atoms with E-state index in [0.29, 0.717) is 25.0 Å². The third kappa shape index (κ3) is 4.23. The van der Waals surface area contributed by atoms with Crippen LogP contribution in [0.4, 0.5) is 0 Å². The monoisotopic (exact) mass is 304 g/mol. The lowest BCUT2D eigenvalue weighted by molar-refractivity contribution is 0.168. The molecule has 1 aromatic carbocycles. The van der Waals surface area contributed by atoms with Crippen molar-refractivity contribution in [3.05, 3.63) is 29.3 Å². The Hall–Kier alpha value is -1.06. The van der Waals surface area contributed by atoms with Crippen molar-refractivity contribution < 1.29 is 4.74 Å². The molecule has 0 aliphatic carbocycles. The van der Waals surface area contributed by atoms with Crippen LogP contribution in [-0.2, 0) is 0 Å². The van der Waals surface area contributed by atoms with E-state index in [1.54, 1.807) is 0 Å². The Morgan fingerprint density at radius 2 is 2.00 bits per heavy atom. The summed E-state index contributed by atoms with van der Waals surface area (Å²) in [6.45, 7) is 11.5. The number of piperidine rings is 1. The summed E-state index contributed by atoms with van der Waals surface area (Å²) in [7, 11) is 0. The minimum Gasteiger partial charge on any atom is -0.494 e. The van der Waals surface area contributed by atoms with Crippen LogP contribution in [0.5, 0.6) is 5.75 Å². The molecule has 0 aromatic heterocycles. The minimum atomic E-state index is 0.422. The molecule has 0 saturated carbocycles. The van der Waals surface area contributed by atoms with E-state index in [0.717, 1.165) is 5.75 Å². The van der Waals surface area contributed by atoms with Gasteiger partial charge < -0.3 is 15.4 Å².